The van der Waals surface area contributed by atoms with Crippen molar-refractivity contribution in [3.63, 3.8) is 0 Å². The second-order valence-electron chi connectivity index (χ2n) is 2.98. The summed E-state index contributed by atoms with van der Waals surface area (Å²) in [5.74, 6) is 0. The highest BCUT2D eigenvalue weighted by Crippen LogP contribution is 2.16. The Morgan fingerprint density at radius 1 is 1.31 bits per heavy atom. The Labute approximate surface area is 78.9 Å². The van der Waals surface area contributed by atoms with Crippen molar-refractivity contribution in [3.8, 4) is 0 Å². The van der Waals surface area contributed by atoms with Crippen molar-refractivity contribution in [2.45, 2.75) is 12.8 Å². The molecule has 0 aromatic heterocycles. The summed E-state index contributed by atoms with van der Waals surface area (Å²) in [6.07, 6.45) is 1.82. The Bertz CT molecular complexity index is 256. The van der Waals surface area contributed by atoms with Gasteiger partial charge in [0.25, 0.3) is 0 Å². The van der Waals surface area contributed by atoms with Crippen LogP contribution in [-0.2, 0) is 0 Å². The Balaban J connectivity index is 2.40. The van der Waals surface area contributed by atoms with Crippen molar-refractivity contribution in [1.82, 2.24) is 5.48 Å². The van der Waals surface area contributed by atoms with Gasteiger partial charge in [-0.15, -0.1) is 0 Å². The Morgan fingerprint density at radius 2 is 2.00 bits per heavy atom. The van der Waals surface area contributed by atoms with Crippen molar-refractivity contribution >= 4 is 5.57 Å². The summed E-state index contributed by atoms with van der Waals surface area (Å²) < 4.78 is 0. The Kier molecular flexibility index (Phi) is 4.23. The van der Waals surface area contributed by atoms with Crippen LogP contribution >= 0.6 is 0 Å². The van der Waals surface area contributed by atoms with E-state index in [9.17, 15) is 0 Å². The zero-order chi connectivity index (χ0) is 9.52. The van der Waals surface area contributed by atoms with Crippen LogP contribution in [0.15, 0.2) is 36.9 Å². The smallest absolute Gasteiger partial charge is 0.0210 e. The molecule has 0 aliphatic heterocycles. The molecule has 0 atom stereocenters. The first kappa shape index (κ1) is 9.96. The average molecular weight is 177 g/mol. The zero-order valence-corrected chi connectivity index (χ0v) is 7.66. The molecule has 13 heavy (non-hydrogen) atoms. The number of benzene rings is 1. The molecule has 0 radical (unpaired) electrons. The molecule has 0 aliphatic carbocycles. The van der Waals surface area contributed by atoms with Gasteiger partial charge < -0.3 is 5.21 Å². The van der Waals surface area contributed by atoms with E-state index in [0.29, 0.717) is 6.54 Å². The van der Waals surface area contributed by atoms with Crippen LogP contribution in [-0.4, -0.2) is 11.8 Å². The molecule has 0 fully saturated rings. The second-order valence-corrected chi connectivity index (χ2v) is 2.98. The van der Waals surface area contributed by atoms with Gasteiger partial charge in [0.05, 0.1) is 0 Å². The van der Waals surface area contributed by atoms with E-state index in [1.807, 2.05) is 18.2 Å². The van der Waals surface area contributed by atoms with Gasteiger partial charge in [0.1, 0.15) is 0 Å². The predicted octanol–water partition coefficient (Wildman–Crippen LogP) is 2.46. The third-order valence-corrected chi connectivity index (χ3v) is 1.95. The minimum absolute atomic E-state index is 0.617. The zero-order valence-electron chi connectivity index (χ0n) is 7.66. The summed E-state index contributed by atoms with van der Waals surface area (Å²) in [7, 11) is 0. The third-order valence-electron chi connectivity index (χ3n) is 1.95. The van der Waals surface area contributed by atoms with E-state index < -0.39 is 0 Å². The molecule has 1 aromatic carbocycles. The molecule has 0 heterocycles. The molecule has 1 aromatic rings. The normalized spacial score (nSPS) is 9.92. The maximum absolute atomic E-state index is 8.37. The van der Waals surface area contributed by atoms with Crippen LogP contribution < -0.4 is 5.48 Å². The summed E-state index contributed by atoms with van der Waals surface area (Å²) in [6.45, 7) is 4.60. The number of hydrogen-bond donors (Lipinski definition) is 2. The van der Waals surface area contributed by atoms with Crippen LogP contribution in [0, 0.1) is 0 Å². The van der Waals surface area contributed by atoms with E-state index in [1.165, 1.54) is 5.56 Å². The van der Waals surface area contributed by atoms with Crippen LogP contribution in [0.4, 0.5) is 0 Å². The van der Waals surface area contributed by atoms with Gasteiger partial charge >= 0.3 is 0 Å². The average Bonchev–Trinajstić information content (AvgIpc) is 2.19. The van der Waals surface area contributed by atoms with E-state index >= 15 is 0 Å². The molecule has 0 saturated heterocycles. The van der Waals surface area contributed by atoms with Crippen molar-refractivity contribution < 1.29 is 5.21 Å². The fourth-order valence-electron chi connectivity index (χ4n) is 1.20. The molecule has 0 saturated carbocycles. The van der Waals surface area contributed by atoms with E-state index in [1.54, 1.807) is 0 Å². The summed E-state index contributed by atoms with van der Waals surface area (Å²) in [5.41, 5.74) is 4.44. The summed E-state index contributed by atoms with van der Waals surface area (Å²) in [4.78, 5) is 0. The molecule has 0 unspecified atom stereocenters. The van der Waals surface area contributed by atoms with Crippen LogP contribution in [0.5, 0.6) is 0 Å². The molecule has 1 rings (SSSR count). The summed E-state index contributed by atoms with van der Waals surface area (Å²) >= 11 is 0. The summed E-state index contributed by atoms with van der Waals surface area (Å²) in [5, 5.41) is 8.37. The first-order chi connectivity index (χ1) is 6.34. The van der Waals surface area contributed by atoms with Gasteiger partial charge in [-0.1, -0.05) is 36.9 Å². The molecule has 0 bridgehead atoms. The van der Waals surface area contributed by atoms with Crippen LogP contribution in [0.25, 0.3) is 5.57 Å². The predicted molar refractivity (Wildman–Crippen MR) is 54.5 cm³/mol. The SMILES string of the molecule is C=C(CCCNO)c1ccccc1. The molecule has 0 amide bonds. The number of nitrogens with one attached hydrogen (secondary N) is 1. The van der Waals surface area contributed by atoms with Gasteiger partial charge in [-0.05, 0) is 24.0 Å². The van der Waals surface area contributed by atoms with Gasteiger partial charge in [-0.25, -0.2) is 5.48 Å². The fourth-order valence-corrected chi connectivity index (χ4v) is 1.20. The lowest BCUT2D eigenvalue weighted by atomic mass is 10.0. The Hall–Kier alpha value is -1.12. The second kappa shape index (κ2) is 5.51. The minimum atomic E-state index is 0.617. The van der Waals surface area contributed by atoms with Crippen molar-refractivity contribution in [2.24, 2.45) is 0 Å². The molecule has 2 N–H and O–H groups in total. The van der Waals surface area contributed by atoms with E-state index in [2.05, 4.69) is 24.2 Å². The highest BCUT2D eigenvalue weighted by molar-refractivity contribution is 5.62. The van der Waals surface area contributed by atoms with Crippen LogP contribution in [0.2, 0.25) is 0 Å². The topological polar surface area (TPSA) is 32.3 Å². The summed E-state index contributed by atoms with van der Waals surface area (Å²) in [6, 6.07) is 10.1. The first-order valence-corrected chi connectivity index (χ1v) is 4.44. The maximum atomic E-state index is 8.37. The van der Waals surface area contributed by atoms with E-state index in [4.69, 9.17) is 5.21 Å². The largest absolute Gasteiger partial charge is 0.317 e. The van der Waals surface area contributed by atoms with Gasteiger partial charge in [0.15, 0.2) is 0 Å². The number of hydrogen-bond acceptors (Lipinski definition) is 2. The third kappa shape index (κ3) is 3.40. The lowest BCUT2D eigenvalue weighted by Gasteiger charge is -2.04. The van der Waals surface area contributed by atoms with Gasteiger partial charge in [-0.2, -0.15) is 0 Å². The monoisotopic (exact) mass is 177 g/mol. The number of allylic oxidation sites excluding steroid dienone is 1. The molecule has 2 nitrogen and oxygen atoms in total. The molecule has 0 aliphatic rings. The maximum Gasteiger partial charge on any atom is 0.0210 e. The molecule has 2 heteroatoms. The van der Waals surface area contributed by atoms with Gasteiger partial charge in [0, 0.05) is 6.54 Å². The molecule has 70 valence electrons. The van der Waals surface area contributed by atoms with Crippen molar-refractivity contribution in [1.29, 1.82) is 0 Å². The standard InChI is InChI=1S/C11H15NO/c1-10(6-5-9-12-13)11-7-3-2-4-8-11/h2-4,7-8,12-13H,1,5-6,9H2. The van der Waals surface area contributed by atoms with E-state index in [0.717, 1.165) is 18.4 Å². The minimum Gasteiger partial charge on any atom is -0.317 e. The molecular weight excluding hydrogens is 162 g/mol. The Morgan fingerprint density at radius 3 is 2.62 bits per heavy atom. The lowest BCUT2D eigenvalue weighted by Crippen LogP contribution is -2.08. The van der Waals surface area contributed by atoms with Crippen molar-refractivity contribution in [2.75, 3.05) is 6.54 Å². The van der Waals surface area contributed by atoms with Crippen LogP contribution in [0.3, 0.4) is 0 Å². The highest BCUT2D eigenvalue weighted by atomic mass is 16.5. The van der Waals surface area contributed by atoms with E-state index in [-0.39, 0.29) is 0 Å². The number of hydroxylamine groups is 1. The molecular formula is C11H15NO. The fraction of sp³-hybridized carbons (Fsp3) is 0.273. The first-order valence-electron chi connectivity index (χ1n) is 4.44. The van der Waals surface area contributed by atoms with Gasteiger partial charge in [-0.3, -0.25) is 0 Å². The molecule has 0 spiro atoms. The van der Waals surface area contributed by atoms with Gasteiger partial charge in [0.2, 0.25) is 0 Å². The van der Waals surface area contributed by atoms with Crippen molar-refractivity contribution in [3.05, 3.63) is 42.5 Å². The quantitative estimate of drug-likeness (QED) is 0.535. The lowest BCUT2D eigenvalue weighted by molar-refractivity contribution is 0.166. The van der Waals surface area contributed by atoms with Crippen LogP contribution in [0.1, 0.15) is 18.4 Å². The highest BCUT2D eigenvalue weighted by Gasteiger charge is 1.96. The number of rotatable bonds is 5.